The van der Waals surface area contributed by atoms with Crippen molar-refractivity contribution in [3.63, 3.8) is 0 Å². The Morgan fingerprint density at radius 3 is 2.00 bits per heavy atom. The van der Waals surface area contributed by atoms with Crippen molar-refractivity contribution in [2.24, 2.45) is 5.73 Å². The lowest BCUT2D eigenvalue weighted by Gasteiger charge is -2.21. The zero-order valence-electron chi connectivity index (χ0n) is 11.3. The van der Waals surface area contributed by atoms with Crippen LogP contribution in [0.5, 0.6) is 0 Å². The number of benzene rings is 2. The summed E-state index contributed by atoms with van der Waals surface area (Å²) in [6, 6.07) is 16.9. The largest absolute Gasteiger partial charge is 0.369 e. The summed E-state index contributed by atoms with van der Waals surface area (Å²) >= 11 is 0. The minimum atomic E-state index is -0.329. The number of carbonyl (C=O) groups is 1. The summed E-state index contributed by atoms with van der Waals surface area (Å²) in [4.78, 5) is 11.1. The molecule has 102 valence electrons. The van der Waals surface area contributed by atoms with Gasteiger partial charge < -0.3 is 5.73 Å². The third-order valence-electron chi connectivity index (χ3n) is 3.88. The third-order valence-corrected chi connectivity index (χ3v) is 3.88. The van der Waals surface area contributed by atoms with E-state index in [4.69, 9.17) is 5.73 Å². The molecule has 3 rings (SSSR count). The lowest BCUT2D eigenvalue weighted by molar-refractivity contribution is -0.117. The molecule has 0 heterocycles. The molecule has 1 aliphatic rings. The van der Waals surface area contributed by atoms with Crippen LogP contribution in [0.1, 0.15) is 28.3 Å². The van der Waals surface area contributed by atoms with Gasteiger partial charge in [0.1, 0.15) is 0 Å². The summed E-state index contributed by atoms with van der Waals surface area (Å²) in [6.45, 7) is 0.188. The quantitative estimate of drug-likeness (QED) is 0.892. The predicted molar refractivity (Wildman–Crippen MR) is 79.3 cm³/mol. The van der Waals surface area contributed by atoms with Crippen molar-refractivity contribution in [1.29, 1.82) is 0 Å². The van der Waals surface area contributed by atoms with Gasteiger partial charge in [0.15, 0.2) is 0 Å². The third kappa shape index (κ3) is 2.45. The molecule has 3 heteroatoms. The molecule has 0 aliphatic heterocycles. The van der Waals surface area contributed by atoms with Crippen LogP contribution in [0.2, 0.25) is 0 Å². The first-order valence-corrected chi connectivity index (χ1v) is 6.93. The second kappa shape index (κ2) is 5.47. The SMILES string of the molecule is NC(=O)CNC1c2ccccc2CCc2ccccc21. The zero-order chi connectivity index (χ0) is 13.9. The predicted octanol–water partition coefficient (Wildman–Crippen LogP) is 1.95. The lowest BCUT2D eigenvalue weighted by atomic mass is 9.94. The van der Waals surface area contributed by atoms with Gasteiger partial charge in [-0.2, -0.15) is 0 Å². The van der Waals surface area contributed by atoms with Gasteiger partial charge >= 0.3 is 0 Å². The number of amides is 1. The number of hydrogen-bond donors (Lipinski definition) is 2. The van der Waals surface area contributed by atoms with E-state index in [0.29, 0.717) is 0 Å². The lowest BCUT2D eigenvalue weighted by Crippen LogP contribution is -2.32. The van der Waals surface area contributed by atoms with Crippen molar-refractivity contribution in [1.82, 2.24) is 5.32 Å². The summed E-state index contributed by atoms with van der Waals surface area (Å²) in [5.41, 5.74) is 10.5. The molecule has 20 heavy (non-hydrogen) atoms. The molecule has 3 nitrogen and oxygen atoms in total. The molecule has 2 aromatic carbocycles. The second-order valence-electron chi connectivity index (χ2n) is 5.18. The summed E-state index contributed by atoms with van der Waals surface area (Å²) in [6.07, 6.45) is 2.06. The highest BCUT2D eigenvalue weighted by Crippen LogP contribution is 2.32. The van der Waals surface area contributed by atoms with Gasteiger partial charge in [0.2, 0.25) is 5.91 Å². The Kier molecular flexibility index (Phi) is 3.52. The van der Waals surface area contributed by atoms with E-state index in [1.54, 1.807) is 0 Å². The van der Waals surface area contributed by atoms with Gasteiger partial charge in [0.25, 0.3) is 0 Å². The maximum Gasteiger partial charge on any atom is 0.231 e. The normalized spacial score (nSPS) is 14.2. The molecule has 3 N–H and O–H groups in total. The first-order valence-electron chi connectivity index (χ1n) is 6.93. The summed E-state index contributed by atoms with van der Waals surface area (Å²) in [5, 5.41) is 3.30. The van der Waals surface area contributed by atoms with E-state index in [1.807, 2.05) is 12.1 Å². The van der Waals surface area contributed by atoms with Gasteiger partial charge in [-0.05, 0) is 35.1 Å². The number of rotatable bonds is 3. The highest BCUT2D eigenvalue weighted by molar-refractivity contribution is 5.76. The van der Waals surface area contributed by atoms with Crippen LogP contribution in [0, 0.1) is 0 Å². The number of primary amides is 1. The van der Waals surface area contributed by atoms with Crippen LogP contribution in [-0.4, -0.2) is 12.5 Å². The first-order chi connectivity index (χ1) is 9.75. The average Bonchev–Trinajstić information content (AvgIpc) is 2.62. The van der Waals surface area contributed by atoms with Gasteiger partial charge in [-0.15, -0.1) is 0 Å². The Hall–Kier alpha value is -2.13. The van der Waals surface area contributed by atoms with Crippen LogP contribution in [0.3, 0.4) is 0 Å². The van der Waals surface area contributed by atoms with Crippen molar-refractivity contribution in [3.05, 3.63) is 70.8 Å². The first kappa shape index (κ1) is 12.9. The molecule has 0 unspecified atom stereocenters. The number of aryl methyl sites for hydroxylation is 2. The Morgan fingerprint density at radius 2 is 1.50 bits per heavy atom. The zero-order valence-corrected chi connectivity index (χ0v) is 11.3. The molecule has 1 aliphatic carbocycles. The van der Waals surface area contributed by atoms with Gasteiger partial charge in [-0.1, -0.05) is 48.5 Å². The maximum absolute atomic E-state index is 11.1. The van der Waals surface area contributed by atoms with Crippen LogP contribution in [0.25, 0.3) is 0 Å². The van der Waals surface area contributed by atoms with E-state index >= 15 is 0 Å². The smallest absolute Gasteiger partial charge is 0.231 e. The topological polar surface area (TPSA) is 55.1 Å². The minimum absolute atomic E-state index is 0.0393. The molecule has 0 saturated carbocycles. The number of nitrogens with one attached hydrogen (secondary N) is 1. The van der Waals surface area contributed by atoms with Crippen LogP contribution in [0.15, 0.2) is 48.5 Å². The summed E-state index contributed by atoms with van der Waals surface area (Å²) < 4.78 is 0. The maximum atomic E-state index is 11.1. The highest BCUT2D eigenvalue weighted by Gasteiger charge is 2.22. The van der Waals surface area contributed by atoms with Crippen molar-refractivity contribution >= 4 is 5.91 Å². The molecular formula is C17H18N2O. The van der Waals surface area contributed by atoms with Crippen LogP contribution in [0.4, 0.5) is 0 Å². The summed E-state index contributed by atoms with van der Waals surface area (Å²) in [7, 11) is 0. The van der Waals surface area contributed by atoms with Gasteiger partial charge in [0.05, 0.1) is 12.6 Å². The minimum Gasteiger partial charge on any atom is -0.369 e. The molecule has 0 radical (unpaired) electrons. The van der Waals surface area contributed by atoms with Crippen molar-refractivity contribution in [2.75, 3.05) is 6.54 Å². The molecule has 2 aromatic rings. The molecule has 0 saturated heterocycles. The Balaban J connectivity index is 2.06. The molecule has 0 spiro atoms. The molecule has 0 fully saturated rings. The Bertz CT molecular complexity index is 589. The van der Waals surface area contributed by atoms with Crippen LogP contribution < -0.4 is 11.1 Å². The van der Waals surface area contributed by atoms with Gasteiger partial charge in [-0.25, -0.2) is 0 Å². The average molecular weight is 266 g/mol. The number of nitrogens with two attached hydrogens (primary N) is 1. The molecule has 0 bridgehead atoms. The van der Waals surface area contributed by atoms with Crippen molar-refractivity contribution in [2.45, 2.75) is 18.9 Å². The van der Waals surface area contributed by atoms with E-state index in [0.717, 1.165) is 12.8 Å². The van der Waals surface area contributed by atoms with Crippen molar-refractivity contribution < 1.29 is 4.79 Å². The fourth-order valence-corrected chi connectivity index (χ4v) is 2.95. The Labute approximate surface area is 118 Å². The number of hydrogen-bond acceptors (Lipinski definition) is 2. The standard InChI is InChI=1S/C17H18N2O/c18-16(20)11-19-17-14-7-3-1-5-12(14)9-10-13-6-2-4-8-15(13)17/h1-8,17,19H,9-11H2,(H2,18,20). The molecular weight excluding hydrogens is 248 g/mol. The second-order valence-corrected chi connectivity index (χ2v) is 5.18. The van der Waals surface area contributed by atoms with Gasteiger partial charge in [-0.3, -0.25) is 10.1 Å². The molecule has 0 aromatic heterocycles. The van der Waals surface area contributed by atoms with E-state index < -0.39 is 0 Å². The summed E-state index contributed by atoms with van der Waals surface area (Å²) in [5.74, 6) is -0.329. The van der Waals surface area contributed by atoms with E-state index in [-0.39, 0.29) is 18.5 Å². The molecule has 0 atom stereocenters. The fraction of sp³-hybridized carbons (Fsp3) is 0.235. The monoisotopic (exact) mass is 266 g/mol. The van der Waals surface area contributed by atoms with Crippen LogP contribution in [-0.2, 0) is 17.6 Å². The Morgan fingerprint density at radius 1 is 1.00 bits per heavy atom. The van der Waals surface area contributed by atoms with Gasteiger partial charge in [0, 0.05) is 0 Å². The number of carbonyl (C=O) groups excluding carboxylic acids is 1. The van der Waals surface area contributed by atoms with E-state index in [1.165, 1.54) is 22.3 Å². The fourth-order valence-electron chi connectivity index (χ4n) is 2.95. The van der Waals surface area contributed by atoms with Crippen molar-refractivity contribution in [3.8, 4) is 0 Å². The number of fused-ring (bicyclic) bond motifs is 2. The van der Waals surface area contributed by atoms with E-state index in [2.05, 4.69) is 41.7 Å². The van der Waals surface area contributed by atoms with E-state index in [9.17, 15) is 4.79 Å². The molecule has 1 amide bonds. The van der Waals surface area contributed by atoms with Crippen LogP contribution >= 0.6 is 0 Å². The highest BCUT2D eigenvalue weighted by atomic mass is 16.1.